The Morgan fingerprint density at radius 1 is 0.977 bits per heavy atom. The van der Waals surface area contributed by atoms with Crippen LogP contribution in [0.5, 0.6) is 0 Å². The molecule has 44 heavy (non-hydrogen) atoms. The van der Waals surface area contributed by atoms with Gasteiger partial charge in [-0.25, -0.2) is 4.79 Å². The number of nitrogens with one attached hydrogen (secondary N) is 3. The molecule has 3 rings (SSSR count). The standard InChI is InChI=1S/C34H48N6O3S/c1-24(2)33-40(5)30(23-44-33)22-39(4)34(43)38-31(18-19-36-25(3)41)32(42)37-29(21-27-14-10-7-11-15-27)17-16-28(35)20-26-12-8-6-9-13-26/h6-17,23-24,28-29,31,33H,18-22,35H2,1-5H3,(H,36,41)(H,37,42)(H,38,43). The molecule has 2 aromatic rings. The van der Waals surface area contributed by atoms with Crippen LogP contribution in [0.1, 0.15) is 38.3 Å². The Labute approximate surface area is 266 Å². The zero-order valence-corrected chi connectivity index (χ0v) is 27.3. The van der Waals surface area contributed by atoms with Crippen LogP contribution in [0.15, 0.2) is 83.9 Å². The lowest BCUT2D eigenvalue weighted by atomic mass is 10.0. The third-order valence-electron chi connectivity index (χ3n) is 7.45. The first-order valence-corrected chi connectivity index (χ1v) is 16.1. The van der Waals surface area contributed by atoms with Gasteiger partial charge in [-0.05, 0) is 41.7 Å². The molecule has 9 nitrogen and oxygen atoms in total. The van der Waals surface area contributed by atoms with Gasteiger partial charge in [0.05, 0.1) is 18.0 Å². The Morgan fingerprint density at radius 2 is 1.59 bits per heavy atom. The number of carbonyl (C=O) groups is 3. The van der Waals surface area contributed by atoms with Crippen molar-refractivity contribution in [2.24, 2.45) is 11.7 Å². The highest BCUT2D eigenvalue weighted by molar-refractivity contribution is 8.02. The quantitative estimate of drug-likeness (QED) is 0.225. The summed E-state index contributed by atoms with van der Waals surface area (Å²) in [6.07, 6.45) is 5.33. The number of carbonyl (C=O) groups excluding carboxylic acids is 3. The van der Waals surface area contributed by atoms with Crippen molar-refractivity contribution in [1.29, 1.82) is 0 Å². The zero-order chi connectivity index (χ0) is 32.1. The van der Waals surface area contributed by atoms with E-state index < -0.39 is 6.04 Å². The van der Waals surface area contributed by atoms with Gasteiger partial charge < -0.3 is 31.5 Å². The number of amides is 4. The Balaban J connectivity index is 1.70. The van der Waals surface area contributed by atoms with E-state index in [0.717, 1.165) is 16.8 Å². The molecule has 0 aromatic heterocycles. The van der Waals surface area contributed by atoms with Crippen LogP contribution in [0.25, 0.3) is 0 Å². The predicted octanol–water partition coefficient (Wildman–Crippen LogP) is 3.88. The minimum Gasteiger partial charge on any atom is -0.363 e. The fourth-order valence-electron chi connectivity index (χ4n) is 5.02. The van der Waals surface area contributed by atoms with E-state index >= 15 is 0 Å². The van der Waals surface area contributed by atoms with Gasteiger partial charge in [-0.1, -0.05) is 86.7 Å². The topological polar surface area (TPSA) is 120 Å². The van der Waals surface area contributed by atoms with E-state index in [2.05, 4.69) is 40.1 Å². The number of benzene rings is 2. The van der Waals surface area contributed by atoms with Crippen molar-refractivity contribution >= 4 is 29.6 Å². The second-order valence-corrected chi connectivity index (χ2v) is 12.7. The van der Waals surface area contributed by atoms with Crippen LogP contribution >= 0.6 is 11.8 Å². The summed E-state index contributed by atoms with van der Waals surface area (Å²) in [5, 5.41) is 11.2. The van der Waals surface area contributed by atoms with Gasteiger partial charge in [-0.15, -0.1) is 11.8 Å². The van der Waals surface area contributed by atoms with Gasteiger partial charge >= 0.3 is 6.03 Å². The average Bonchev–Trinajstić information content (AvgIpc) is 3.35. The van der Waals surface area contributed by atoms with E-state index in [1.54, 1.807) is 23.7 Å². The molecule has 10 heteroatoms. The Kier molecular flexibility index (Phi) is 13.8. The van der Waals surface area contributed by atoms with Gasteiger partial charge in [-0.2, -0.15) is 0 Å². The lowest BCUT2D eigenvalue weighted by Crippen LogP contribution is -2.53. The van der Waals surface area contributed by atoms with Gasteiger partial charge in [0.15, 0.2) is 0 Å². The number of likely N-dealkylation sites (N-methyl/N-ethyl adjacent to an activating group) is 2. The lowest BCUT2D eigenvalue weighted by Gasteiger charge is -2.30. The minimum absolute atomic E-state index is 0.196. The summed E-state index contributed by atoms with van der Waals surface area (Å²) < 4.78 is 0. The predicted molar refractivity (Wildman–Crippen MR) is 180 cm³/mol. The van der Waals surface area contributed by atoms with Crippen LogP contribution in [0.3, 0.4) is 0 Å². The van der Waals surface area contributed by atoms with Crippen molar-refractivity contribution in [3.63, 3.8) is 0 Å². The van der Waals surface area contributed by atoms with Crippen LogP contribution < -0.4 is 21.7 Å². The molecule has 1 heterocycles. The number of hydrogen-bond acceptors (Lipinski definition) is 6. The normalized spacial score (nSPS) is 16.8. The van der Waals surface area contributed by atoms with Gasteiger partial charge in [0.2, 0.25) is 11.8 Å². The summed E-state index contributed by atoms with van der Waals surface area (Å²) in [4.78, 5) is 42.3. The summed E-state index contributed by atoms with van der Waals surface area (Å²) in [6.45, 7) is 6.44. The molecule has 0 spiro atoms. The molecule has 0 radical (unpaired) electrons. The second-order valence-electron chi connectivity index (χ2n) is 11.7. The van der Waals surface area contributed by atoms with Crippen molar-refractivity contribution in [3.05, 3.63) is 95.0 Å². The smallest absolute Gasteiger partial charge is 0.318 e. The Morgan fingerprint density at radius 3 is 2.16 bits per heavy atom. The average molecular weight is 621 g/mol. The van der Waals surface area contributed by atoms with Gasteiger partial charge in [0.25, 0.3) is 0 Å². The van der Waals surface area contributed by atoms with Gasteiger partial charge in [0.1, 0.15) is 6.04 Å². The highest BCUT2D eigenvalue weighted by atomic mass is 32.2. The Hall–Kier alpha value is -3.76. The second kappa shape index (κ2) is 17.5. The fourth-order valence-corrected chi connectivity index (χ4v) is 6.19. The van der Waals surface area contributed by atoms with Gasteiger partial charge in [0, 0.05) is 39.3 Å². The van der Waals surface area contributed by atoms with Crippen LogP contribution in [0, 0.1) is 5.92 Å². The molecular weight excluding hydrogens is 572 g/mol. The molecule has 4 unspecified atom stereocenters. The van der Waals surface area contributed by atoms with E-state index in [9.17, 15) is 14.4 Å². The molecule has 0 aliphatic carbocycles. The van der Waals surface area contributed by atoms with Gasteiger partial charge in [-0.3, -0.25) is 9.59 Å². The Bertz CT molecular complexity index is 1270. The third-order valence-corrected chi connectivity index (χ3v) is 8.99. The molecule has 0 saturated carbocycles. The molecule has 4 amide bonds. The number of nitrogens with two attached hydrogens (primary N) is 1. The van der Waals surface area contributed by atoms with Crippen LogP contribution in [0.4, 0.5) is 4.79 Å². The van der Waals surface area contributed by atoms with Crippen LogP contribution in [-0.4, -0.2) is 78.3 Å². The molecule has 4 atom stereocenters. The molecule has 2 aromatic carbocycles. The monoisotopic (exact) mass is 620 g/mol. The highest BCUT2D eigenvalue weighted by Crippen LogP contribution is 2.34. The summed E-state index contributed by atoms with van der Waals surface area (Å²) in [7, 11) is 3.76. The molecule has 0 saturated heterocycles. The summed E-state index contributed by atoms with van der Waals surface area (Å²) in [5.74, 6) is -0.0595. The molecule has 1 aliphatic heterocycles. The van der Waals surface area contributed by atoms with E-state index in [4.69, 9.17) is 5.73 Å². The maximum absolute atomic E-state index is 13.7. The largest absolute Gasteiger partial charge is 0.363 e. The number of thioether (sulfide) groups is 1. The fraction of sp³-hybridized carbons (Fsp3) is 0.441. The maximum Gasteiger partial charge on any atom is 0.318 e. The van der Waals surface area contributed by atoms with Crippen molar-refractivity contribution < 1.29 is 14.4 Å². The molecule has 5 N–H and O–H groups in total. The van der Waals surface area contributed by atoms with E-state index in [0.29, 0.717) is 30.7 Å². The third kappa shape index (κ3) is 11.4. The van der Waals surface area contributed by atoms with Crippen molar-refractivity contribution in [2.45, 2.75) is 63.5 Å². The molecule has 0 bridgehead atoms. The first-order valence-electron chi connectivity index (χ1n) is 15.2. The van der Waals surface area contributed by atoms with E-state index in [1.807, 2.05) is 79.9 Å². The van der Waals surface area contributed by atoms with Crippen molar-refractivity contribution in [1.82, 2.24) is 25.8 Å². The highest BCUT2D eigenvalue weighted by Gasteiger charge is 2.29. The first kappa shape index (κ1) is 34.7. The number of hydrogen-bond donors (Lipinski definition) is 4. The maximum atomic E-state index is 13.7. The number of nitrogens with zero attached hydrogens (tertiary/aromatic N) is 2. The lowest BCUT2D eigenvalue weighted by molar-refractivity contribution is -0.124. The van der Waals surface area contributed by atoms with E-state index in [1.165, 1.54) is 6.92 Å². The van der Waals surface area contributed by atoms with Crippen molar-refractivity contribution in [3.8, 4) is 0 Å². The number of rotatable bonds is 15. The first-order chi connectivity index (χ1) is 21.0. The summed E-state index contributed by atoms with van der Waals surface area (Å²) in [6, 6.07) is 18.1. The molecule has 1 aliphatic rings. The number of urea groups is 1. The van der Waals surface area contributed by atoms with Crippen molar-refractivity contribution in [2.75, 3.05) is 27.2 Å². The minimum atomic E-state index is -0.852. The zero-order valence-electron chi connectivity index (χ0n) is 26.5. The van der Waals surface area contributed by atoms with E-state index in [-0.39, 0.29) is 42.9 Å². The summed E-state index contributed by atoms with van der Waals surface area (Å²) >= 11 is 1.75. The van der Waals surface area contributed by atoms with Crippen LogP contribution in [-0.2, 0) is 22.4 Å². The van der Waals surface area contributed by atoms with Crippen LogP contribution in [0.2, 0.25) is 0 Å². The molecule has 0 fully saturated rings. The molecule has 238 valence electrons. The SMILES string of the molecule is CC(=O)NCCC(NC(=O)N(C)CC1=CSC(C(C)C)N1C)C(=O)NC(C=CC(N)Cc1ccccc1)Cc1ccccc1. The summed E-state index contributed by atoms with van der Waals surface area (Å²) in [5.41, 5.74) is 9.66. The molecular formula is C34H48N6O3S.